The van der Waals surface area contributed by atoms with Gasteiger partial charge >= 0.3 is 0 Å². The van der Waals surface area contributed by atoms with E-state index in [0.717, 1.165) is 16.5 Å². The molecule has 0 spiro atoms. The van der Waals surface area contributed by atoms with Gasteiger partial charge in [-0.3, -0.25) is 4.79 Å². The average Bonchev–Trinajstić information content (AvgIpc) is 2.55. The fourth-order valence-electron chi connectivity index (χ4n) is 2.34. The number of rotatable bonds is 3. The number of carbonyl (C=O) groups excluding carboxylic acids is 1. The Bertz CT molecular complexity index is 877. The van der Waals surface area contributed by atoms with Crippen LogP contribution in [0.2, 0.25) is 10.0 Å². The Morgan fingerprint density at radius 3 is 2.30 bits per heavy atom. The van der Waals surface area contributed by atoms with E-state index >= 15 is 0 Å². The normalized spacial score (nSPS) is 11.0. The molecule has 0 aliphatic rings. The second-order valence-electron chi connectivity index (χ2n) is 4.98. The zero-order chi connectivity index (χ0) is 16.2. The van der Waals surface area contributed by atoms with Gasteiger partial charge in [-0.15, -0.1) is 0 Å². The van der Waals surface area contributed by atoms with Crippen molar-refractivity contribution < 1.29 is 4.79 Å². The molecule has 23 heavy (non-hydrogen) atoms. The van der Waals surface area contributed by atoms with Crippen molar-refractivity contribution in [3.63, 3.8) is 0 Å². The second kappa shape index (κ2) is 6.86. The second-order valence-corrected chi connectivity index (χ2v) is 5.80. The fraction of sp³-hybridized carbons (Fsp3) is 0. The summed E-state index contributed by atoms with van der Waals surface area (Å²) in [6.45, 7) is 0. The van der Waals surface area contributed by atoms with Gasteiger partial charge in [-0.1, -0.05) is 65.7 Å². The van der Waals surface area contributed by atoms with E-state index in [2.05, 4.69) is 5.32 Å². The van der Waals surface area contributed by atoms with Crippen LogP contribution in [0.15, 0.2) is 66.7 Å². The topological polar surface area (TPSA) is 29.1 Å². The molecule has 0 atom stereocenters. The van der Waals surface area contributed by atoms with Gasteiger partial charge in [-0.2, -0.15) is 0 Å². The first kappa shape index (κ1) is 15.6. The van der Waals surface area contributed by atoms with Gasteiger partial charge in [0.2, 0.25) is 5.91 Å². The number of halogens is 2. The fourth-order valence-corrected chi connectivity index (χ4v) is 2.86. The highest BCUT2D eigenvalue weighted by Crippen LogP contribution is 2.26. The monoisotopic (exact) mass is 341 g/mol. The van der Waals surface area contributed by atoms with Gasteiger partial charge in [-0.25, -0.2) is 0 Å². The first-order valence-corrected chi connectivity index (χ1v) is 7.81. The molecule has 1 N–H and O–H groups in total. The van der Waals surface area contributed by atoms with Crippen molar-refractivity contribution >= 4 is 51.6 Å². The number of carbonyl (C=O) groups is 1. The minimum atomic E-state index is -0.239. The van der Waals surface area contributed by atoms with Gasteiger partial charge in [0.25, 0.3) is 0 Å². The third-order valence-corrected chi connectivity index (χ3v) is 4.11. The van der Waals surface area contributed by atoms with Gasteiger partial charge in [-0.05, 0) is 29.7 Å². The smallest absolute Gasteiger partial charge is 0.248 e. The summed E-state index contributed by atoms with van der Waals surface area (Å²) in [5.41, 5.74) is 1.40. The standard InChI is InChI=1S/C19H13Cl2NO/c20-16-8-4-9-17(21)15(16)11-12-19(23)22-18-10-3-6-13-5-1-2-7-14(13)18/h1-12H,(H,22,23)/b12-11+. The van der Waals surface area contributed by atoms with Gasteiger partial charge < -0.3 is 5.32 Å². The van der Waals surface area contributed by atoms with Crippen LogP contribution in [-0.4, -0.2) is 5.91 Å². The predicted octanol–water partition coefficient (Wildman–Crippen LogP) is 5.80. The molecule has 3 rings (SSSR count). The number of fused-ring (bicyclic) bond motifs is 1. The summed E-state index contributed by atoms with van der Waals surface area (Å²) in [6.07, 6.45) is 3.04. The molecular formula is C19H13Cl2NO. The maximum atomic E-state index is 12.2. The third-order valence-electron chi connectivity index (χ3n) is 3.45. The van der Waals surface area contributed by atoms with Crippen LogP contribution in [0, 0.1) is 0 Å². The van der Waals surface area contributed by atoms with Crippen molar-refractivity contribution in [2.75, 3.05) is 5.32 Å². The summed E-state index contributed by atoms with van der Waals surface area (Å²) in [5.74, 6) is -0.239. The number of benzene rings is 3. The Morgan fingerprint density at radius 2 is 1.52 bits per heavy atom. The van der Waals surface area contributed by atoms with E-state index in [-0.39, 0.29) is 5.91 Å². The Labute approximate surface area is 144 Å². The van der Waals surface area contributed by atoms with E-state index in [4.69, 9.17) is 23.2 Å². The van der Waals surface area contributed by atoms with Crippen molar-refractivity contribution in [2.24, 2.45) is 0 Å². The van der Waals surface area contributed by atoms with Gasteiger partial charge in [0.1, 0.15) is 0 Å². The van der Waals surface area contributed by atoms with Crippen molar-refractivity contribution in [1.82, 2.24) is 0 Å². The molecule has 114 valence electrons. The molecular weight excluding hydrogens is 329 g/mol. The molecule has 0 aromatic heterocycles. The van der Waals surface area contributed by atoms with E-state index in [9.17, 15) is 4.79 Å². The van der Waals surface area contributed by atoms with Crippen molar-refractivity contribution in [2.45, 2.75) is 0 Å². The number of hydrogen-bond donors (Lipinski definition) is 1. The Morgan fingerprint density at radius 1 is 0.870 bits per heavy atom. The quantitative estimate of drug-likeness (QED) is 0.599. The van der Waals surface area contributed by atoms with Crippen molar-refractivity contribution in [3.8, 4) is 0 Å². The SMILES string of the molecule is O=C(/C=C/c1c(Cl)cccc1Cl)Nc1cccc2ccccc12. The van der Waals surface area contributed by atoms with Gasteiger partial charge in [0.15, 0.2) is 0 Å². The number of anilines is 1. The summed E-state index contributed by atoms with van der Waals surface area (Å²) in [7, 11) is 0. The van der Waals surface area contributed by atoms with Crippen LogP contribution in [0.3, 0.4) is 0 Å². The van der Waals surface area contributed by atoms with Crippen molar-refractivity contribution in [3.05, 3.63) is 82.3 Å². The van der Waals surface area contributed by atoms with Crippen LogP contribution in [0.4, 0.5) is 5.69 Å². The van der Waals surface area contributed by atoms with Crippen LogP contribution in [0.1, 0.15) is 5.56 Å². The number of hydrogen-bond acceptors (Lipinski definition) is 1. The largest absolute Gasteiger partial charge is 0.322 e. The Balaban J connectivity index is 1.83. The first-order valence-electron chi connectivity index (χ1n) is 7.06. The molecule has 3 aromatic carbocycles. The van der Waals surface area contributed by atoms with Gasteiger partial charge in [0.05, 0.1) is 0 Å². The lowest BCUT2D eigenvalue weighted by Gasteiger charge is -2.07. The molecule has 2 nitrogen and oxygen atoms in total. The predicted molar refractivity (Wildman–Crippen MR) is 98.1 cm³/mol. The highest BCUT2D eigenvalue weighted by atomic mass is 35.5. The summed E-state index contributed by atoms with van der Waals surface area (Å²) >= 11 is 12.2. The van der Waals surface area contributed by atoms with Crippen LogP contribution in [0.5, 0.6) is 0 Å². The Kier molecular flexibility index (Phi) is 4.65. The van der Waals surface area contributed by atoms with Crippen LogP contribution in [0.25, 0.3) is 16.8 Å². The van der Waals surface area contributed by atoms with E-state index < -0.39 is 0 Å². The highest BCUT2D eigenvalue weighted by molar-refractivity contribution is 6.37. The summed E-state index contributed by atoms with van der Waals surface area (Å²) in [6, 6.07) is 18.9. The van der Waals surface area contributed by atoms with E-state index in [1.54, 1.807) is 24.3 Å². The lowest BCUT2D eigenvalue weighted by Crippen LogP contribution is -2.08. The van der Waals surface area contributed by atoms with E-state index in [1.165, 1.54) is 6.08 Å². The molecule has 0 saturated carbocycles. The zero-order valence-corrected chi connectivity index (χ0v) is 13.6. The molecule has 0 unspecified atom stereocenters. The maximum Gasteiger partial charge on any atom is 0.248 e. The van der Waals surface area contributed by atoms with Crippen molar-refractivity contribution in [1.29, 1.82) is 0 Å². The summed E-state index contributed by atoms with van der Waals surface area (Å²) in [5, 5.41) is 5.96. The molecule has 0 aliphatic carbocycles. The number of nitrogens with one attached hydrogen (secondary N) is 1. The molecule has 3 aromatic rings. The third kappa shape index (κ3) is 3.55. The molecule has 0 heterocycles. The first-order chi connectivity index (χ1) is 11.1. The molecule has 0 aliphatic heterocycles. The summed E-state index contributed by atoms with van der Waals surface area (Å²) < 4.78 is 0. The molecule has 4 heteroatoms. The summed E-state index contributed by atoms with van der Waals surface area (Å²) in [4.78, 5) is 12.2. The average molecular weight is 342 g/mol. The van der Waals surface area contributed by atoms with Crippen LogP contribution in [-0.2, 0) is 4.79 Å². The highest BCUT2D eigenvalue weighted by Gasteiger charge is 2.05. The zero-order valence-electron chi connectivity index (χ0n) is 12.1. The molecule has 0 radical (unpaired) electrons. The lowest BCUT2D eigenvalue weighted by molar-refractivity contribution is -0.111. The van der Waals surface area contributed by atoms with Gasteiger partial charge in [0, 0.05) is 32.8 Å². The van der Waals surface area contributed by atoms with Crippen LogP contribution < -0.4 is 5.32 Å². The van der Waals surface area contributed by atoms with E-state index in [1.807, 2.05) is 42.5 Å². The minimum Gasteiger partial charge on any atom is -0.322 e. The minimum absolute atomic E-state index is 0.239. The molecule has 0 saturated heterocycles. The lowest BCUT2D eigenvalue weighted by atomic mass is 10.1. The van der Waals surface area contributed by atoms with Crippen LogP contribution >= 0.6 is 23.2 Å². The molecule has 1 amide bonds. The maximum absolute atomic E-state index is 12.2. The van der Waals surface area contributed by atoms with E-state index in [0.29, 0.717) is 15.6 Å². The Hall–Kier alpha value is -2.29. The molecule has 0 fully saturated rings. The number of amides is 1. The molecule has 0 bridgehead atoms.